The summed E-state index contributed by atoms with van der Waals surface area (Å²) in [6.07, 6.45) is 7.28. The molecule has 96 valence electrons. The molecule has 1 aliphatic heterocycles. The first-order valence-corrected chi connectivity index (χ1v) is 6.86. The average Bonchev–Trinajstić information content (AvgIpc) is 2.35. The molecule has 0 aliphatic carbocycles. The summed E-state index contributed by atoms with van der Waals surface area (Å²) < 4.78 is 14.4. The monoisotopic (exact) mass is 310 g/mol. The molecule has 0 aromatic heterocycles. The number of terminal acetylenes is 1. The highest BCUT2D eigenvalue weighted by Gasteiger charge is 2.19. The van der Waals surface area contributed by atoms with Crippen molar-refractivity contribution in [1.82, 2.24) is 4.90 Å². The Labute approximate surface area is 116 Å². The van der Waals surface area contributed by atoms with E-state index in [4.69, 9.17) is 6.42 Å². The van der Waals surface area contributed by atoms with Gasteiger partial charge in [0.05, 0.1) is 12.2 Å². The second kappa shape index (κ2) is 6.21. The summed E-state index contributed by atoms with van der Waals surface area (Å²) in [7, 11) is 0. The molecule has 0 bridgehead atoms. The van der Waals surface area contributed by atoms with Gasteiger partial charge >= 0.3 is 0 Å². The fourth-order valence-electron chi connectivity index (χ4n) is 2.19. The van der Waals surface area contributed by atoms with Gasteiger partial charge in [-0.05, 0) is 31.0 Å². The Morgan fingerprint density at radius 3 is 2.78 bits per heavy atom. The molecule has 0 unspecified atom stereocenters. The molecule has 1 saturated heterocycles. The number of hydrogen-bond donors (Lipinski definition) is 1. The highest BCUT2D eigenvalue weighted by atomic mass is 79.9. The minimum Gasteiger partial charge on any atom is -0.380 e. The van der Waals surface area contributed by atoms with Crippen molar-refractivity contribution < 1.29 is 4.39 Å². The van der Waals surface area contributed by atoms with E-state index in [1.165, 1.54) is 6.07 Å². The Bertz CT molecular complexity index is 448. The number of hydrogen-bond acceptors (Lipinski definition) is 2. The fourth-order valence-corrected chi connectivity index (χ4v) is 2.52. The number of likely N-dealkylation sites (tertiary alicyclic amines) is 1. The van der Waals surface area contributed by atoms with Gasteiger partial charge in [-0.2, -0.15) is 0 Å². The average molecular weight is 311 g/mol. The van der Waals surface area contributed by atoms with Gasteiger partial charge in [-0.1, -0.05) is 21.9 Å². The van der Waals surface area contributed by atoms with Crippen LogP contribution in [-0.2, 0) is 0 Å². The maximum absolute atomic E-state index is 13.7. The van der Waals surface area contributed by atoms with Crippen LogP contribution in [0.1, 0.15) is 12.8 Å². The van der Waals surface area contributed by atoms with E-state index >= 15 is 0 Å². The molecule has 1 fully saturated rings. The van der Waals surface area contributed by atoms with Crippen LogP contribution < -0.4 is 5.32 Å². The Morgan fingerprint density at radius 1 is 1.44 bits per heavy atom. The van der Waals surface area contributed by atoms with Crippen LogP contribution in [0.3, 0.4) is 0 Å². The molecule has 4 heteroatoms. The van der Waals surface area contributed by atoms with E-state index in [1.54, 1.807) is 6.07 Å². The van der Waals surface area contributed by atoms with Crippen molar-refractivity contribution in [3.05, 3.63) is 28.5 Å². The number of anilines is 1. The summed E-state index contributed by atoms with van der Waals surface area (Å²) in [5, 5.41) is 3.26. The van der Waals surface area contributed by atoms with Crippen molar-refractivity contribution in [3.8, 4) is 12.3 Å². The molecule has 0 saturated carbocycles. The maximum atomic E-state index is 13.7. The van der Waals surface area contributed by atoms with Crippen LogP contribution in [0.15, 0.2) is 22.7 Å². The minimum atomic E-state index is -0.213. The molecule has 2 nitrogen and oxygen atoms in total. The summed E-state index contributed by atoms with van der Waals surface area (Å²) in [6, 6.07) is 5.43. The number of rotatable bonds is 3. The van der Waals surface area contributed by atoms with Crippen LogP contribution in [0.25, 0.3) is 0 Å². The van der Waals surface area contributed by atoms with Crippen molar-refractivity contribution in [1.29, 1.82) is 0 Å². The van der Waals surface area contributed by atoms with Crippen LogP contribution in [0.5, 0.6) is 0 Å². The lowest BCUT2D eigenvalue weighted by molar-refractivity contribution is 0.243. The first kappa shape index (κ1) is 13.4. The molecule has 2 rings (SSSR count). The highest BCUT2D eigenvalue weighted by molar-refractivity contribution is 9.10. The SMILES string of the molecule is C#CCN1CCC(Nc2ccc(Br)cc2F)CC1. The second-order valence-corrected chi connectivity index (χ2v) is 5.44. The van der Waals surface area contributed by atoms with Crippen molar-refractivity contribution in [2.24, 2.45) is 0 Å². The van der Waals surface area contributed by atoms with Crippen LogP contribution in [-0.4, -0.2) is 30.6 Å². The summed E-state index contributed by atoms with van der Waals surface area (Å²) in [6.45, 7) is 2.65. The predicted octanol–water partition coefficient (Wildman–Crippen LogP) is 3.10. The number of halogens is 2. The first-order valence-electron chi connectivity index (χ1n) is 6.06. The molecular formula is C14H16BrFN2. The smallest absolute Gasteiger partial charge is 0.147 e. The zero-order valence-corrected chi connectivity index (χ0v) is 11.7. The third kappa shape index (κ3) is 3.47. The molecule has 0 spiro atoms. The van der Waals surface area contributed by atoms with Gasteiger partial charge in [-0.25, -0.2) is 4.39 Å². The summed E-state index contributed by atoms with van der Waals surface area (Å²) in [5.74, 6) is 2.45. The first-order chi connectivity index (χ1) is 8.69. The van der Waals surface area contributed by atoms with Gasteiger partial charge in [-0.3, -0.25) is 4.90 Å². The van der Waals surface area contributed by atoms with Gasteiger partial charge in [0.15, 0.2) is 0 Å². The van der Waals surface area contributed by atoms with Gasteiger partial charge in [0, 0.05) is 23.6 Å². The Balaban J connectivity index is 1.90. The lowest BCUT2D eigenvalue weighted by Crippen LogP contribution is -2.39. The number of piperidine rings is 1. The largest absolute Gasteiger partial charge is 0.380 e. The van der Waals surface area contributed by atoms with Crippen LogP contribution in [0.4, 0.5) is 10.1 Å². The van der Waals surface area contributed by atoms with Crippen molar-refractivity contribution in [3.63, 3.8) is 0 Å². The topological polar surface area (TPSA) is 15.3 Å². The van der Waals surface area contributed by atoms with Crippen LogP contribution >= 0.6 is 15.9 Å². The molecule has 1 aromatic rings. The third-order valence-electron chi connectivity index (χ3n) is 3.19. The van der Waals surface area contributed by atoms with Crippen molar-refractivity contribution in [2.75, 3.05) is 25.0 Å². The van der Waals surface area contributed by atoms with Crippen molar-refractivity contribution in [2.45, 2.75) is 18.9 Å². The van der Waals surface area contributed by atoms with Crippen LogP contribution in [0, 0.1) is 18.2 Å². The standard InChI is InChI=1S/C14H16BrFN2/c1-2-7-18-8-5-12(6-9-18)17-14-4-3-11(15)10-13(14)16/h1,3-4,10,12,17H,5-9H2. The molecule has 0 amide bonds. The third-order valence-corrected chi connectivity index (χ3v) is 3.69. The minimum absolute atomic E-state index is 0.213. The number of benzene rings is 1. The number of nitrogens with one attached hydrogen (secondary N) is 1. The number of nitrogens with zero attached hydrogens (tertiary/aromatic N) is 1. The summed E-state index contributed by atoms with van der Waals surface area (Å²) >= 11 is 3.25. The summed E-state index contributed by atoms with van der Waals surface area (Å²) in [4.78, 5) is 2.25. The molecule has 1 N–H and O–H groups in total. The van der Waals surface area contributed by atoms with E-state index < -0.39 is 0 Å². The Kier molecular flexibility index (Phi) is 4.62. The van der Waals surface area contributed by atoms with Gasteiger partial charge in [0.2, 0.25) is 0 Å². The van der Waals surface area contributed by atoms with E-state index in [2.05, 4.69) is 32.1 Å². The second-order valence-electron chi connectivity index (χ2n) is 4.52. The Hall–Kier alpha value is -1.05. The Morgan fingerprint density at radius 2 is 2.17 bits per heavy atom. The van der Waals surface area contributed by atoms with Crippen molar-refractivity contribution >= 4 is 21.6 Å². The molecule has 1 heterocycles. The summed E-state index contributed by atoms with van der Waals surface area (Å²) in [5.41, 5.74) is 0.577. The van der Waals surface area contributed by atoms with Gasteiger partial charge in [0.25, 0.3) is 0 Å². The van der Waals surface area contributed by atoms with Gasteiger partial charge in [-0.15, -0.1) is 6.42 Å². The van der Waals surface area contributed by atoms with E-state index in [1.807, 2.05) is 6.07 Å². The highest BCUT2D eigenvalue weighted by Crippen LogP contribution is 2.22. The van der Waals surface area contributed by atoms with Gasteiger partial charge < -0.3 is 5.32 Å². The maximum Gasteiger partial charge on any atom is 0.147 e. The quantitative estimate of drug-likeness (QED) is 0.863. The molecular weight excluding hydrogens is 295 g/mol. The van der Waals surface area contributed by atoms with E-state index in [0.29, 0.717) is 18.3 Å². The lowest BCUT2D eigenvalue weighted by Gasteiger charge is -2.31. The zero-order valence-electron chi connectivity index (χ0n) is 10.1. The predicted molar refractivity (Wildman–Crippen MR) is 76.0 cm³/mol. The molecule has 18 heavy (non-hydrogen) atoms. The molecule has 0 radical (unpaired) electrons. The van der Waals surface area contributed by atoms with E-state index in [0.717, 1.165) is 30.4 Å². The van der Waals surface area contributed by atoms with E-state index in [9.17, 15) is 4.39 Å². The molecule has 1 aromatic carbocycles. The lowest BCUT2D eigenvalue weighted by atomic mass is 10.0. The fraction of sp³-hybridized carbons (Fsp3) is 0.429. The zero-order chi connectivity index (χ0) is 13.0. The van der Waals surface area contributed by atoms with Gasteiger partial charge in [0.1, 0.15) is 5.82 Å². The molecule has 0 atom stereocenters. The van der Waals surface area contributed by atoms with E-state index in [-0.39, 0.29) is 5.82 Å². The van der Waals surface area contributed by atoms with Crippen LogP contribution in [0.2, 0.25) is 0 Å². The molecule has 1 aliphatic rings. The normalized spacial score (nSPS) is 17.4.